The summed E-state index contributed by atoms with van der Waals surface area (Å²) >= 11 is 3.45. The SMILES string of the molecule is C[C@@H](c1cccc(Br)c1)N1CCC(CCCOS(C)(=O)=O)(c2ccc(F)cc2)OC1=O. The molecule has 1 amide bonds. The molecule has 168 valence electrons. The Balaban J connectivity index is 1.79. The van der Waals surface area contributed by atoms with Crippen LogP contribution in [0.5, 0.6) is 0 Å². The van der Waals surface area contributed by atoms with Gasteiger partial charge in [-0.05, 0) is 55.2 Å². The van der Waals surface area contributed by atoms with Crippen LogP contribution < -0.4 is 0 Å². The Hall–Kier alpha value is -1.97. The average molecular weight is 514 g/mol. The molecular weight excluding hydrogens is 489 g/mol. The van der Waals surface area contributed by atoms with Gasteiger partial charge in [-0.15, -0.1) is 0 Å². The van der Waals surface area contributed by atoms with Crippen molar-refractivity contribution < 1.29 is 26.5 Å². The second kappa shape index (κ2) is 9.67. The van der Waals surface area contributed by atoms with Crippen molar-refractivity contribution in [2.75, 3.05) is 19.4 Å². The van der Waals surface area contributed by atoms with Crippen LogP contribution >= 0.6 is 15.9 Å². The maximum atomic E-state index is 13.5. The first-order chi connectivity index (χ1) is 14.6. The van der Waals surface area contributed by atoms with E-state index in [2.05, 4.69) is 15.9 Å². The Labute approximate surface area is 190 Å². The van der Waals surface area contributed by atoms with Crippen LogP contribution in [0.25, 0.3) is 0 Å². The van der Waals surface area contributed by atoms with E-state index in [4.69, 9.17) is 8.92 Å². The van der Waals surface area contributed by atoms with Gasteiger partial charge in [0.25, 0.3) is 10.1 Å². The molecule has 3 rings (SSSR count). The van der Waals surface area contributed by atoms with Crippen LogP contribution in [-0.2, 0) is 24.6 Å². The third kappa shape index (κ3) is 6.05. The quantitative estimate of drug-likeness (QED) is 0.360. The Morgan fingerprint density at radius 3 is 2.58 bits per heavy atom. The highest BCUT2D eigenvalue weighted by atomic mass is 79.9. The van der Waals surface area contributed by atoms with Crippen molar-refractivity contribution >= 4 is 32.1 Å². The van der Waals surface area contributed by atoms with Crippen molar-refractivity contribution in [3.05, 3.63) is 69.9 Å². The van der Waals surface area contributed by atoms with Gasteiger partial charge in [-0.1, -0.05) is 40.2 Å². The first-order valence-corrected chi connectivity index (χ1v) is 12.6. The molecule has 0 saturated carbocycles. The molecule has 2 aromatic carbocycles. The van der Waals surface area contributed by atoms with Gasteiger partial charge in [0.1, 0.15) is 11.4 Å². The summed E-state index contributed by atoms with van der Waals surface area (Å²) in [5.41, 5.74) is 0.678. The molecule has 0 spiro atoms. The summed E-state index contributed by atoms with van der Waals surface area (Å²) in [6.45, 7) is 2.36. The van der Waals surface area contributed by atoms with Crippen molar-refractivity contribution in [1.29, 1.82) is 0 Å². The molecule has 0 N–H and O–H groups in total. The maximum Gasteiger partial charge on any atom is 0.411 e. The van der Waals surface area contributed by atoms with Crippen LogP contribution in [0.15, 0.2) is 53.0 Å². The molecule has 9 heteroatoms. The molecule has 1 fully saturated rings. The van der Waals surface area contributed by atoms with Gasteiger partial charge >= 0.3 is 6.09 Å². The number of hydrogen-bond donors (Lipinski definition) is 0. The molecule has 31 heavy (non-hydrogen) atoms. The Bertz CT molecular complexity index is 1030. The standard InChI is InChI=1S/C22H25BrFNO5S/c1-16(17-5-3-6-19(23)15-17)25-13-12-22(30-21(25)26,11-4-14-29-31(2,27)28)18-7-9-20(24)10-8-18/h3,5-10,15-16H,4,11-14H2,1-2H3/t16-,22?/m0/s1. The maximum absolute atomic E-state index is 13.5. The second-order valence-corrected chi connectivity index (χ2v) is 10.2. The number of rotatable bonds is 8. The average Bonchev–Trinajstić information content (AvgIpc) is 2.71. The predicted octanol–water partition coefficient (Wildman–Crippen LogP) is 5.14. The number of amides is 1. The third-order valence-electron chi connectivity index (χ3n) is 5.47. The number of carbonyl (C=O) groups is 1. The van der Waals surface area contributed by atoms with Gasteiger partial charge in [0.15, 0.2) is 0 Å². The van der Waals surface area contributed by atoms with Crippen LogP contribution in [0.2, 0.25) is 0 Å². The molecule has 2 atom stereocenters. The molecular formula is C22H25BrFNO5S. The number of hydrogen-bond acceptors (Lipinski definition) is 5. The third-order valence-corrected chi connectivity index (χ3v) is 6.55. The van der Waals surface area contributed by atoms with Crippen molar-refractivity contribution in [2.24, 2.45) is 0 Å². The predicted molar refractivity (Wildman–Crippen MR) is 118 cm³/mol. The molecule has 0 radical (unpaired) electrons. The van der Waals surface area contributed by atoms with E-state index in [1.54, 1.807) is 17.0 Å². The molecule has 1 heterocycles. The monoisotopic (exact) mass is 513 g/mol. The molecule has 1 aliphatic heterocycles. The molecule has 0 aromatic heterocycles. The fourth-order valence-electron chi connectivity index (χ4n) is 3.81. The Kier molecular flexibility index (Phi) is 7.39. The van der Waals surface area contributed by atoms with E-state index >= 15 is 0 Å². The summed E-state index contributed by atoms with van der Waals surface area (Å²) in [5.74, 6) is -0.383. The fraction of sp³-hybridized carbons (Fsp3) is 0.409. The van der Waals surface area contributed by atoms with Gasteiger partial charge < -0.3 is 9.64 Å². The van der Waals surface area contributed by atoms with E-state index in [0.717, 1.165) is 16.3 Å². The lowest BCUT2D eigenvalue weighted by atomic mass is 9.84. The number of ether oxygens (including phenoxy) is 1. The van der Waals surface area contributed by atoms with E-state index in [1.807, 2.05) is 31.2 Å². The smallest absolute Gasteiger partial charge is 0.411 e. The Morgan fingerprint density at radius 1 is 1.26 bits per heavy atom. The molecule has 1 unspecified atom stereocenters. The highest BCUT2D eigenvalue weighted by Crippen LogP contribution is 2.40. The van der Waals surface area contributed by atoms with E-state index in [9.17, 15) is 17.6 Å². The molecule has 6 nitrogen and oxygen atoms in total. The van der Waals surface area contributed by atoms with Gasteiger partial charge in [-0.2, -0.15) is 8.42 Å². The lowest BCUT2D eigenvalue weighted by Crippen LogP contribution is -2.48. The summed E-state index contributed by atoms with van der Waals surface area (Å²) in [5, 5.41) is 0. The Morgan fingerprint density at radius 2 is 1.97 bits per heavy atom. The van der Waals surface area contributed by atoms with E-state index in [-0.39, 0.29) is 18.5 Å². The van der Waals surface area contributed by atoms with Gasteiger partial charge in [-0.3, -0.25) is 4.18 Å². The summed E-state index contributed by atoms with van der Waals surface area (Å²) in [7, 11) is -3.55. The van der Waals surface area contributed by atoms with Crippen LogP contribution in [0.4, 0.5) is 9.18 Å². The van der Waals surface area contributed by atoms with Gasteiger partial charge in [-0.25, -0.2) is 9.18 Å². The minimum absolute atomic E-state index is 0.0164. The minimum atomic E-state index is -3.55. The first kappa shape index (κ1) is 23.7. The fourth-order valence-corrected chi connectivity index (χ4v) is 4.65. The zero-order valence-electron chi connectivity index (χ0n) is 17.4. The zero-order chi connectivity index (χ0) is 22.6. The van der Waals surface area contributed by atoms with Gasteiger partial charge in [0, 0.05) is 17.4 Å². The number of benzene rings is 2. The van der Waals surface area contributed by atoms with E-state index < -0.39 is 21.8 Å². The molecule has 0 bridgehead atoms. The number of nitrogens with zero attached hydrogens (tertiary/aromatic N) is 1. The zero-order valence-corrected chi connectivity index (χ0v) is 19.8. The van der Waals surface area contributed by atoms with Gasteiger partial charge in [0.05, 0.1) is 18.9 Å². The second-order valence-electron chi connectivity index (χ2n) is 7.67. The molecule has 2 aromatic rings. The molecule has 1 saturated heterocycles. The van der Waals surface area contributed by atoms with Crippen LogP contribution in [0.3, 0.4) is 0 Å². The van der Waals surface area contributed by atoms with E-state index in [1.165, 1.54) is 12.1 Å². The normalized spacial score (nSPS) is 20.4. The lowest BCUT2D eigenvalue weighted by molar-refractivity contribution is -0.0676. The number of carbonyl (C=O) groups excluding carboxylic acids is 1. The minimum Gasteiger partial charge on any atom is -0.438 e. The summed E-state index contributed by atoms with van der Waals surface area (Å²) < 4.78 is 47.7. The summed E-state index contributed by atoms with van der Waals surface area (Å²) in [6.07, 6.45) is 1.73. The molecule has 1 aliphatic rings. The summed E-state index contributed by atoms with van der Waals surface area (Å²) in [4.78, 5) is 14.7. The van der Waals surface area contributed by atoms with Crippen molar-refractivity contribution in [3.8, 4) is 0 Å². The molecule has 0 aliphatic carbocycles. The highest BCUT2D eigenvalue weighted by Gasteiger charge is 2.43. The number of cyclic esters (lactones) is 1. The largest absolute Gasteiger partial charge is 0.438 e. The van der Waals surface area contributed by atoms with Crippen molar-refractivity contribution in [1.82, 2.24) is 4.90 Å². The topological polar surface area (TPSA) is 72.9 Å². The highest BCUT2D eigenvalue weighted by molar-refractivity contribution is 9.10. The van der Waals surface area contributed by atoms with Crippen LogP contribution in [-0.4, -0.2) is 38.8 Å². The van der Waals surface area contributed by atoms with Crippen molar-refractivity contribution in [3.63, 3.8) is 0 Å². The first-order valence-electron chi connectivity index (χ1n) is 9.95. The van der Waals surface area contributed by atoms with Crippen LogP contribution in [0, 0.1) is 5.82 Å². The van der Waals surface area contributed by atoms with E-state index in [0.29, 0.717) is 31.4 Å². The van der Waals surface area contributed by atoms with Gasteiger partial charge in [0.2, 0.25) is 0 Å². The lowest BCUT2D eigenvalue weighted by Gasteiger charge is -2.43. The summed E-state index contributed by atoms with van der Waals surface area (Å²) in [6, 6.07) is 13.4. The van der Waals surface area contributed by atoms with Crippen molar-refractivity contribution in [2.45, 2.75) is 37.8 Å². The number of halogens is 2. The van der Waals surface area contributed by atoms with Crippen LogP contribution in [0.1, 0.15) is 43.4 Å².